The molecule has 1 unspecified atom stereocenters. The molecule has 0 bridgehead atoms. The third kappa shape index (κ3) is 5.63. The molecule has 0 saturated carbocycles. The van der Waals surface area contributed by atoms with Crippen molar-refractivity contribution in [3.8, 4) is 0 Å². The number of rotatable bonds is 7. The van der Waals surface area contributed by atoms with E-state index in [4.69, 9.17) is 14.5 Å². The number of anilines is 1. The zero-order valence-electron chi connectivity index (χ0n) is 24.6. The van der Waals surface area contributed by atoms with Crippen LogP contribution in [0.5, 0.6) is 0 Å². The molecule has 1 atom stereocenters. The van der Waals surface area contributed by atoms with Crippen molar-refractivity contribution in [2.75, 3.05) is 71.5 Å². The summed E-state index contributed by atoms with van der Waals surface area (Å²) in [5.41, 5.74) is 9.03. The van der Waals surface area contributed by atoms with E-state index in [1.165, 1.54) is 33.7 Å². The number of aromatic nitrogens is 1. The third-order valence-corrected chi connectivity index (χ3v) is 9.20. The molecular formula is C35H41N5O2. The van der Waals surface area contributed by atoms with Gasteiger partial charge >= 0.3 is 0 Å². The van der Waals surface area contributed by atoms with E-state index in [9.17, 15) is 0 Å². The number of hydrogen-bond acceptors (Lipinski definition) is 7. The van der Waals surface area contributed by atoms with E-state index in [1.54, 1.807) is 7.11 Å². The van der Waals surface area contributed by atoms with Crippen LogP contribution >= 0.6 is 0 Å². The van der Waals surface area contributed by atoms with Gasteiger partial charge in [-0.3, -0.25) is 14.8 Å². The van der Waals surface area contributed by atoms with Crippen LogP contribution in [0.2, 0.25) is 0 Å². The standard InChI is InChI=1S/C35H41N5O2/c1-41-33-12-4-2-3-11-32(33)40-18-16-38(17-19-40)23-26-20-27-8-7-14-36-34(27)35-29(21-26)24-39(25-42-35)15-13-28-22-37-31-10-6-5-9-30(28)31/h2-10,12,14,21,28,37H,11,13,15-20,22-25H2,1H3. The molecule has 42 heavy (non-hydrogen) atoms. The number of nitrogens with zero attached hydrogens (tertiary/aromatic N) is 4. The zero-order chi connectivity index (χ0) is 28.3. The smallest absolute Gasteiger partial charge is 0.151 e. The molecule has 5 aliphatic rings. The number of pyridine rings is 1. The van der Waals surface area contributed by atoms with Gasteiger partial charge < -0.3 is 19.7 Å². The van der Waals surface area contributed by atoms with E-state index >= 15 is 0 Å². The van der Waals surface area contributed by atoms with E-state index < -0.39 is 0 Å². The number of nitrogens with one attached hydrogen (secondary N) is 1. The lowest BCUT2D eigenvalue weighted by molar-refractivity contribution is 0.0930. The molecule has 0 amide bonds. The summed E-state index contributed by atoms with van der Waals surface area (Å²) in [6, 6.07) is 13.0. The normalized spacial score (nSPS) is 22.5. The predicted molar refractivity (Wildman–Crippen MR) is 168 cm³/mol. The molecule has 1 fully saturated rings. The van der Waals surface area contributed by atoms with Crippen LogP contribution < -0.4 is 5.32 Å². The van der Waals surface area contributed by atoms with Crippen molar-refractivity contribution in [3.63, 3.8) is 0 Å². The summed E-state index contributed by atoms with van der Waals surface area (Å²) in [7, 11) is 1.77. The number of benzene rings is 1. The van der Waals surface area contributed by atoms with Gasteiger partial charge in [0.05, 0.1) is 12.8 Å². The van der Waals surface area contributed by atoms with Crippen molar-refractivity contribution < 1.29 is 9.47 Å². The highest BCUT2D eigenvalue weighted by molar-refractivity contribution is 5.69. The Morgan fingerprint density at radius 2 is 1.95 bits per heavy atom. The Balaban J connectivity index is 1.03. The van der Waals surface area contributed by atoms with Gasteiger partial charge in [0.15, 0.2) is 5.76 Å². The first-order valence-corrected chi connectivity index (χ1v) is 15.4. The Labute approximate surface area is 249 Å². The summed E-state index contributed by atoms with van der Waals surface area (Å²) >= 11 is 0. The molecule has 7 heteroatoms. The molecule has 1 aromatic carbocycles. The van der Waals surface area contributed by atoms with Crippen LogP contribution in [0.4, 0.5) is 5.69 Å². The second-order valence-electron chi connectivity index (χ2n) is 11.9. The fraction of sp³-hybridized carbons (Fsp3) is 0.400. The number of fused-ring (bicyclic) bond motifs is 3. The zero-order valence-corrected chi connectivity index (χ0v) is 24.6. The summed E-state index contributed by atoms with van der Waals surface area (Å²) in [6.45, 7) is 8.63. The molecule has 1 N–H and O–H groups in total. The summed E-state index contributed by atoms with van der Waals surface area (Å²) < 4.78 is 12.2. The maximum atomic E-state index is 6.47. The van der Waals surface area contributed by atoms with Crippen molar-refractivity contribution >= 4 is 11.4 Å². The first-order valence-electron chi connectivity index (χ1n) is 15.4. The molecule has 3 aliphatic heterocycles. The minimum atomic E-state index is 0.554. The Morgan fingerprint density at radius 3 is 2.86 bits per heavy atom. The van der Waals surface area contributed by atoms with Crippen molar-refractivity contribution in [3.05, 3.63) is 112 Å². The van der Waals surface area contributed by atoms with Gasteiger partial charge in [0.25, 0.3) is 0 Å². The molecule has 0 spiro atoms. The van der Waals surface area contributed by atoms with Crippen LogP contribution in [0.25, 0.3) is 5.76 Å². The van der Waals surface area contributed by atoms with Crippen LogP contribution in [0.3, 0.4) is 0 Å². The van der Waals surface area contributed by atoms with Gasteiger partial charge in [-0.2, -0.15) is 0 Å². The first-order chi connectivity index (χ1) is 20.7. The van der Waals surface area contributed by atoms with E-state index in [0.29, 0.717) is 12.6 Å². The molecule has 1 saturated heterocycles. The predicted octanol–water partition coefficient (Wildman–Crippen LogP) is 5.16. The average molecular weight is 564 g/mol. The lowest BCUT2D eigenvalue weighted by atomic mass is 9.97. The lowest BCUT2D eigenvalue weighted by Crippen LogP contribution is -2.46. The van der Waals surface area contributed by atoms with E-state index in [-0.39, 0.29) is 0 Å². The van der Waals surface area contributed by atoms with Gasteiger partial charge in [-0.25, -0.2) is 0 Å². The molecule has 1 aromatic heterocycles. The van der Waals surface area contributed by atoms with Crippen molar-refractivity contribution in [2.24, 2.45) is 0 Å². The van der Waals surface area contributed by atoms with Crippen LogP contribution in [-0.4, -0.2) is 85.9 Å². The quantitative estimate of drug-likeness (QED) is 0.500. The second-order valence-corrected chi connectivity index (χ2v) is 11.9. The minimum absolute atomic E-state index is 0.554. The summed E-state index contributed by atoms with van der Waals surface area (Å²) in [6.07, 6.45) is 15.8. The Morgan fingerprint density at radius 1 is 1.05 bits per heavy atom. The number of hydrogen-bond donors (Lipinski definition) is 1. The molecule has 4 heterocycles. The Bertz CT molecular complexity index is 1460. The molecule has 7 rings (SSSR count). The number of para-hydroxylation sites is 1. The highest BCUT2D eigenvalue weighted by Gasteiger charge is 2.29. The highest BCUT2D eigenvalue weighted by atomic mass is 16.5. The summed E-state index contributed by atoms with van der Waals surface area (Å²) in [5.74, 6) is 2.51. The number of allylic oxidation sites excluding steroid dienone is 4. The maximum Gasteiger partial charge on any atom is 0.151 e. The Hall–Kier alpha value is -3.81. The molecule has 2 aliphatic carbocycles. The van der Waals surface area contributed by atoms with Crippen LogP contribution in [-0.2, 0) is 15.9 Å². The SMILES string of the molecule is COC1=C(N2CCN(CC3=CC4=C(OCN(CCC5CNc6ccccc65)C4)c4ncccc4C3)CC2)CC=CC=C1. The number of ether oxygens (including phenoxy) is 2. The number of piperazine rings is 1. The van der Waals surface area contributed by atoms with E-state index in [2.05, 4.69) is 86.8 Å². The summed E-state index contributed by atoms with van der Waals surface area (Å²) in [5, 5.41) is 3.58. The van der Waals surface area contributed by atoms with Crippen molar-refractivity contribution in [2.45, 2.75) is 25.2 Å². The van der Waals surface area contributed by atoms with Crippen LogP contribution in [0.1, 0.15) is 35.6 Å². The van der Waals surface area contributed by atoms with Gasteiger partial charge in [0, 0.05) is 82.2 Å². The van der Waals surface area contributed by atoms with Crippen molar-refractivity contribution in [1.82, 2.24) is 19.7 Å². The van der Waals surface area contributed by atoms with Crippen LogP contribution in [0.15, 0.2) is 95.6 Å². The van der Waals surface area contributed by atoms with Crippen LogP contribution in [0, 0.1) is 0 Å². The maximum absolute atomic E-state index is 6.47. The van der Waals surface area contributed by atoms with Gasteiger partial charge in [-0.05, 0) is 42.2 Å². The van der Waals surface area contributed by atoms with Gasteiger partial charge in [-0.1, -0.05) is 54.1 Å². The molecular weight excluding hydrogens is 522 g/mol. The molecule has 218 valence electrons. The fourth-order valence-electron chi connectivity index (χ4n) is 7.00. The third-order valence-electron chi connectivity index (χ3n) is 9.20. The minimum Gasteiger partial charge on any atom is -0.495 e. The van der Waals surface area contributed by atoms with Gasteiger partial charge in [0.1, 0.15) is 18.2 Å². The first kappa shape index (κ1) is 27.0. The molecule has 7 nitrogen and oxygen atoms in total. The van der Waals surface area contributed by atoms with Crippen molar-refractivity contribution in [1.29, 1.82) is 0 Å². The average Bonchev–Trinajstić information content (AvgIpc) is 3.19. The number of methoxy groups -OCH3 is 1. The van der Waals surface area contributed by atoms with Gasteiger partial charge in [0.2, 0.25) is 0 Å². The fourth-order valence-corrected chi connectivity index (χ4v) is 7.00. The van der Waals surface area contributed by atoms with E-state index in [0.717, 1.165) is 88.8 Å². The molecule has 0 radical (unpaired) electrons. The summed E-state index contributed by atoms with van der Waals surface area (Å²) in [4.78, 5) is 12.4. The monoisotopic (exact) mass is 563 g/mol. The van der Waals surface area contributed by atoms with E-state index in [1.807, 2.05) is 6.20 Å². The second kappa shape index (κ2) is 12.2. The Kier molecular flexibility index (Phi) is 7.86. The topological polar surface area (TPSA) is 53.1 Å². The van der Waals surface area contributed by atoms with Gasteiger partial charge in [-0.15, -0.1) is 0 Å². The lowest BCUT2D eigenvalue weighted by Gasteiger charge is -2.38. The largest absolute Gasteiger partial charge is 0.495 e. The highest BCUT2D eigenvalue weighted by Crippen LogP contribution is 2.35. The molecule has 2 aromatic rings.